The third kappa shape index (κ3) is 4.10. The van der Waals surface area contributed by atoms with Gasteiger partial charge < -0.3 is 14.5 Å². The Hall–Kier alpha value is -1.30. The van der Waals surface area contributed by atoms with Gasteiger partial charge in [-0.2, -0.15) is 0 Å². The minimum absolute atomic E-state index is 0.0384. The number of carbonyl (C=O) groups is 2. The molecule has 0 saturated carbocycles. The van der Waals surface area contributed by atoms with Gasteiger partial charge in [0.1, 0.15) is 5.60 Å². The van der Waals surface area contributed by atoms with Crippen LogP contribution in [0.25, 0.3) is 0 Å². The maximum absolute atomic E-state index is 12.8. The number of rotatable bonds is 4. The summed E-state index contributed by atoms with van der Waals surface area (Å²) >= 11 is 0. The monoisotopic (exact) mass is 351 g/mol. The lowest BCUT2D eigenvalue weighted by atomic mass is 9.90. The van der Waals surface area contributed by atoms with E-state index in [-0.39, 0.29) is 23.6 Å². The predicted octanol–water partition coefficient (Wildman–Crippen LogP) is 2.33. The van der Waals surface area contributed by atoms with Crippen LogP contribution in [0, 0.1) is 5.92 Å². The number of ether oxygens (including phenoxy) is 1. The van der Waals surface area contributed by atoms with E-state index < -0.39 is 0 Å². The fourth-order valence-electron chi connectivity index (χ4n) is 4.27. The summed E-state index contributed by atoms with van der Waals surface area (Å²) in [5.41, 5.74) is -0.372. The van der Waals surface area contributed by atoms with Crippen LogP contribution in [0.4, 0.5) is 4.79 Å². The molecule has 3 saturated heterocycles. The molecule has 0 aromatic rings. The Bertz CT molecular complexity index is 500. The first-order chi connectivity index (χ1) is 11.9. The number of hydrogen-bond acceptors (Lipinski definition) is 4. The lowest BCUT2D eigenvalue weighted by molar-refractivity contribution is -0.141. The number of carbonyl (C=O) groups excluding carboxylic acids is 2. The first-order valence-corrected chi connectivity index (χ1v) is 9.87. The van der Waals surface area contributed by atoms with Crippen LogP contribution in [0.15, 0.2) is 0 Å². The van der Waals surface area contributed by atoms with E-state index in [4.69, 9.17) is 4.74 Å². The smallest absolute Gasteiger partial charge is 0.410 e. The zero-order valence-corrected chi connectivity index (χ0v) is 16.0. The molecule has 3 fully saturated rings. The zero-order valence-electron chi connectivity index (χ0n) is 16.0. The molecular weight excluding hydrogens is 318 g/mol. The van der Waals surface area contributed by atoms with Crippen molar-refractivity contribution >= 4 is 12.0 Å². The van der Waals surface area contributed by atoms with Gasteiger partial charge in [-0.25, -0.2) is 4.79 Å². The average Bonchev–Trinajstić information content (AvgIpc) is 2.89. The van der Waals surface area contributed by atoms with E-state index in [2.05, 4.69) is 25.8 Å². The summed E-state index contributed by atoms with van der Waals surface area (Å²) in [4.78, 5) is 31.1. The second kappa shape index (κ2) is 7.52. The van der Waals surface area contributed by atoms with Crippen molar-refractivity contribution < 1.29 is 14.3 Å². The Balaban J connectivity index is 1.53. The molecule has 3 heterocycles. The van der Waals surface area contributed by atoms with Gasteiger partial charge in [0.05, 0.1) is 12.6 Å². The van der Waals surface area contributed by atoms with Crippen molar-refractivity contribution in [2.24, 2.45) is 5.92 Å². The van der Waals surface area contributed by atoms with Crippen molar-refractivity contribution in [2.45, 2.75) is 64.0 Å². The number of likely N-dealkylation sites (tertiary alicyclic amines) is 2. The van der Waals surface area contributed by atoms with Crippen LogP contribution in [0.1, 0.15) is 52.4 Å². The highest BCUT2D eigenvalue weighted by molar-refractivity contribution is 5.82. The Morgan fingerprint density at radius 3 is 2.60 bits per heavy atom. The number of hydrogen-bond donors (Lipinski definition) is 0. The molecule has 1 atom stereocenters. The summed E-state index contributed by atoms with van der Waals surface area (Å²) in [6.07, 6.45) is 5.65. The summed E-state index contributed by atoms with van der Waals surface area (Å²) in [6.45, 7) is 8.21. The van der Waals surface area contributed by atoms with Gasteiger partial charge in [0.2, 0.25) is 5.91 Å². The Morgan fingerprint density at radius 1 is 1.24 bits per heavy atom. The molecule has 3 aliphatic rings. The van der Waals surface area contributed by atoms with Gasteiger partial charge in [-0.1, -0.05) is 20.3 Å². The van der Waals surface area contributed by atoms with Gasteiger partial charge in [0.15, 0.2) is 0 Å². The van der Waals surface area contributed by atoms with Gasteiger partial charge in [0, 0.05) is 32.5 Å². The lowest BCUT2D eigenvalue weighted by Gasteiger charge is -2.41. The zero-order chi connectivity index (χ0) is 18.0. The average molecular weight is 351 g/mol. The number of nitrogens with zero attached hydrogens (tertiary/aromatic N) is 3. The normalized spacial score (nSPS) is 27.2. The summed E-state index contributed by atoms with van der Waals surface area (Å²) < 4.78 is 5.77. The molecule has 0 N–H and O–H groups in total. The van der Waals surface area contributed by atoms with E-state index >= 15 is 0 Å². The number of likely N-dealkylation sites (N-methyl/N-ethyl adjacent to an activating group) is 1. The van der Waals surface area contributed by atoms with Gasteiger partial charge >= 0.3 is 6.09 Å². The molecule has 0 radical (unpaired) electrons. The van der Waals surface area contributed by atoms with Crippen LogP contribution in [0.5, 0.6) is 0 Å². The largest absolute Gasteiger partial charge is 0.441 e. The summed E-state index contributed by atoms with van der Waals surface area (Å²) in [5, 5.41) is 0. The van der Waals surface area contributed by atoms with Crippen LogP contribution in [0.2, 0.25) is 0 Å². The number of piperidine rings is 2. The standard InChI is InChI=1S/C19H33N3O3/c1-15(2)7-11-22-14-19(25-18(22)24)8-12-21(13-9-19)17(23)16-6-4-5-10-20(16)3/h15-16H,4-14H2,1-3H3/t16-/m1/s1. The van der Waals surface area contributed by atoms with Crippen LogP contribution >= 0.6 is 0 Å². The van der Waals surface area contributed by atoms with Crippen molar-refractivity contribution in [3.05, 3.63) is 0 Å². The minimum Gasteiger partial charge on any atom is -0.441 e. The van der Waals surface area contributed by atoms with E-state index in [1.165, 1.54) is 6.42 Å². The lowest BCUT2D eigenvalue weighted by Crippen LogP contribution is -2.54. The van der Waals surface area contributed by atoms with E-state index in [9.17, 15) is 9.59 Å². The van der Waals surface area contributed by atoms with Gasteiger partial charge in [0.25, 0.3) is 0 Å². The third-order valence-electron chi connectivity index (χ3n) is 6.06. The molecule has 0 unspecified atom stereocenters. The highest BCUT2D eigenvalue weighted by Crippen LogP contribution is 2.34. The molecule has 1 spiro atoms. The van der Waals surface area contributed by atoms with Crippen molar-refractivity contribution in [3.63, 3.8) is 0 Å². The van der Waals surface area contributed by atoms with E-state index in [0.717, 1.165) is 45.2 Å². The highest BCUT2D eigenvalue weighted by atomic mass is 16.6. The van der Waals surface area contributed by atoms with Crippen molar-refractivity contribution in [1.29, 1.82) is 0 Å². The first kappa shape index (κ1) is 18.5. The van der Waals surface area contributed by atoms with Crippen LogP contribution in [0.3, 0.4) is 0 Å². The molecule has 0 aliphatic carbocycles. The number of amides is 2. The van der Waals surface area contributed by atoms with Crippen LogP contribution < -0.4 is 0 Å². The second-order valence-corrected chi connectivity index (χ2v) is 8.47. The van der Waals surface area contributed by atoms with E-state index in [1.54, 1.807) is 0 Å². The Kier molecular flexibility index (Phi) is 5.56. The molecule has 6 heteroatoms. The molecule has 3 aliphatic heterocycles. The molecular formula is C19H33N3O3. The third-order valence-corrected chi connectivity index (χ3v) is 6.06. The second-order valence-electron chi connectivity index (χ2n) is 8.47. The summed E-state index contributed by atoms with van der Waals surface area (Å²) in [7, 11) is 2.05. The first-order valence-electron chi connectivity index (χ1n) is 9.87. The van der Waals surface area contributed by atoms with Gasteiger partial charge in [-0.15, -0.1) is 0 Å². The maximum atomic E-state index is 12.8. The minimum atomic E-state index is -0.372. The molecule has 3 rings (SSSR count). The van der Waals surface area contributed by atoms with Crippen LogP contribution in [-0.2, 0) is 9.53 Å². The quantitative estimate of drug-likeness (QED) is 0.780. The van der Waals surface area contributed by atoms with E-state index in [1.807, 2.05) is 9.80 Å². The SMILES string of the molecule is CC(C)CCN1CC2(CCN(C(=O)[C@H]3CCCCN3C)CC2)OC1=O. The van der Waals surface area contributed by atoms with Crippen molar-refractivity contribution in [2.75, 3.05) is 39.8 Å². The van der Waals surface area contributed by atoms with Crippen molar-refractivity contribution in [1.82, 2.24) is 14.7 Å². The topological polar surface area (TPSA) is 53.1 Å². The highest BCUT2D eigenvalue weighted by Gasteiger charge is 2.47. The predicted molar refractivity (Wildman–Crippen MR) is 96.3 cm³/mol. The fraction of sp³-hybridized carbons (Fsp3) is 0.895. The van der Waals surface area contributed by atoms with Gasteiger partial charge in [-0.3, -0.25) is 9.69 Å². The molecule has 2 amide bonds. The Labute approximate surface area is 151 Å². The molecule has 0 aromatic carbocycles. The molecule has 142 valence electrons. The van der Waals surface area contributed by atoms with E-state index in [0.29, 0.717) is 25.6 Å². The maximum Gasteiger partial charge on any atom is 0.410 e. The summed E-state index contributed by atoms with van der Waals surface area (Å²) in [5.74, 6) is 0.842. The molecule has 25 heavy (non-hydrogen) atoms. The van der Waals surface area contributed by atoms with Gasteiger partial charge in [-0.05, 0) is 38.8 Å². The fourth-order valence-corrected chi connectivity index (χ4v) is 4.27. The molecule has 0 bridgehead atoms. The van der Waals surface area contributed by atoms with Crippen molar-refractivity contribution in [3.8, 4) is 0 Å². The Morgan fingerprint density at radius 2 is 1.96 bits per heavy atom. The molecule has 0 aromatic heterocycles. The summed E-state index contributed by atoms with van der Waals surface area (Å²) in [6, 6.07) is 0.0384. The molecule has 6 nitrogen and oxygen atoms in total. The van der Waals surface area contributed by atoms with Crippen LogP contribution in [-0.4, -0.2) is 78.1 Å².